The van der Waals surface area contributed by atoms with Crippen molar-refractivity contribution in [2.75, 3.05) is 5.32 Å². The molecule has 0 aliphatic carbocycles. The fourth-order valence-electron chi connectivity index (χ4n) is 2.09. The summed E-state index contributed by atoms with van der Waals surface area (Å²) in [7, 11) is 0. The maximum Gasteiger partial charge on any atom is 0.326 e. The molecule has 0 spiro atoms. The normalized spacial score (nSPS) is 10.7. The third-order valence-corrected chi connectivity index (χ3v) is 3.17. The van der Waals surface area contributed by atoms with Crippen LogP contribution in [0.5, 0.6) is 5.75 Å². The molecule has 0 atom stereocenters. The SMILES string of the molecule is O=c1[nH]c(=O)c2cc(NCc3ccc(O)cc3)ccc2[nH]1. The standard InChI is InChI=1S/C15H13N3O3/c19-11-4-1-9(2-5-11)8-16-10-3-6-13-12(7-10)14(20)18-15(21)17-13/h1-7,16,19H,8H2,(H2,17,18,20,21). The number of phenolic OH excluding ortho intramolecular Hbond substituents is 1. The number of aromatic nitrogens is 2. The Balaban J connectivity index is 1.86. The molecule has 0 bridgehead atoms. The van der Waals surface area contributed by atoms with Crippen molar-refractivity contribution in [2.45, 2.75) is 6.54 Å². The van der Waals surface area contributed by atoms with E-state index in [0.717, 1.165) is 11.3 Å². The monoisotopic (exact) mass is 283 g/mol. The van der Waals surface area contributed by atoms with E-state index in [-0.39, 0.29) is 5.75 Å². The van der Waals surface area contributed by atoms with Gasteiger partial charge >= 0.3 is 5.69 Å². The topological polar surface area (TPSA) is 98.0 Å². The smallest absolute Gasteiger partial charge is 0.326 e. The maximum absolute atomic E-state index is 11.7. The molecule has 0 fully saturated rings. The van der Waals surface area contributed by atoms with Gasteiger partial charge < -0.3 is 15.4 Å². The maximum atomic E-state index is 11.7. The van der Waals surface area contributed by atoms with Crippen molar-refractivity contribution in [3.63, 3.8) is 0 Å². The first kappa shape index (κ1) is 13.0. The van der Waals surface area contributed by atoms with Crippen LogP contribution < -0.4 is 16.6 Å². The fraction of sp³-hybridized carbons (Fsp3) is 0.0667. The molecule has 0 aliphatic rings. The lowest BCUT2D eigenvalue weighted by atomic mass is 10.2. The Morgan fingerprint density at radius 2 is 1.76 bits per heavy atom. The lowest BCUT2D eigenvalue weighted by molar-refractivity contribution is 0.475. The van der Waals surface area contributed by atoms with Crippen LogP contribution in [0.25, 0.3) is 10.9 Å². The number of anilines is 1. The van der Waals surface area contributed by atoms with Crippen molar-refractivity contribution in [1.29, 1.82) is 0 Å². The van der Waals surface area contributed by atoms with Crippen LogP contribution >= 0.6 is 0 Å². The number of H-pyrrole nitrogens is 2. The predicted octanol–water partition coefficient (Wildman–Crippen LogP) is 1.53. The summed E-state index contributed by atoms with van der Waals surface area (Å²) in [6.45, 7) is 0.563. The molecule has 1 aromatic heterocycles. The zero-order chi connectivity index (χ0) is 14.8. The molecule has 21 heavy (non-hydrogen) atoms. The quantitative estimate of drug-likeness (QED) is 0.586. The number of nitrogens with one attached hydrogen (secondary N) is 3. The molecule has 3 aromatic rings. The Hall–Kier alpha value is -3.02. The molecule has 0 saturated carbocycles. The van der Waals surface area contributed by atoms with Crippen molar-refractivity contribution >= 4 is 16.6 Å². The molecule has 2 aromatic carbocycles. The summed E-state index contributed by atoms with van der Waals surface area (Å²) in [4.78, 5) is 27.7. The minimum atomic E-state index is -0.516. The highest BCUT2D eigenvalue weighted by Gasteiger charge is 2.02. The Bertz CT molecular complexity index is 894. The largest absolute Gasteiger partial charge is 0.508 e. The molecule has 0 unspecified atom stereocenters. The van der Waals surface area contributed by atoms with E-state index in [2.05, 4.69) is 15.3 Å². The van der Waals surface area contributed by atoms with Gasteiger partial charge in [-0.3, -0.25) is 9.78 Å². The molecule has 3 rings (SSSR count). The van der Waals surface area contributed by atoms with Gasteiger partial charge in [0, 0.05) is 12.2 Å². The number of hydrogen-bond donors (Lipinski definition) is 4. The van der Waals surface area contributed by atoms with Crippen molar-refractivity contribution in [1.82, 2.24) is 9.97 Å². The Morgan fingerprint density at radius 3 is 2.52 bits per heavy atom. The second-order valence-corrected chi connectivity index (χ2v) is 4.69. The molecular weight excluding hydrogens is 270 g/mol. The first-order chi connectivity index (χ1) is 10.1. The summed E-state index contributed by atoms with van der Waals surface area (Å²) in [6.07, 6.45) is 0. The third-order valence-electron chi connectivity index (χ3n) is 3.17. The highest BCUT2D eigenvalue weighted by molar-refractivity contribution is 5.81. The van der Waals surface area contributed by atoms with E-state index >= 15 is 0 Å². The molecule has 0 saturated heterocycles. The summed E-state index contributed by atoms with van der Waals surface area (Å²) in [5.74, 6) is 0.222. The van der Waals surface area contributed by atoms with E-state index in [0.29, 0.717) is 17.4 Å². The van der Waals surface area contributed by atoms with Crippen molar-refractivity contribution in [3.05, 3.63) is 68.9 Å². The Labute approximate surface area is 119 Å². The number of aromatic hydroxyl groups is 1. The van der Waals surface area contributed by atoms with E-state index in [1.165, 1.54) is 0 Å². The van der Waals surface area contributed by atoms with Crippen LogP contribution in [-0.4, -0.2) is 15.1 Å². The van der Waals surface area contributed by atoms with Gasteiger partial charge in [-0.1, -0.05) is 12.1 Å². The van der Waals surface area contributed by atoms with Crippen molar-refractivity contribution < 1.29 is 5.11 Å². The van der Waals surface area contributed by atoms with E-state index in [1.807, 2.05) is 12.1 Å². The van der Waals surface area contributed by atoms with Crippen molar-refractivity contribution in [2.24, 2.45) is 0 Å². The molecular formula is C15H13N3O3. The summed E-state index contributed by atoms with van der Waals surface area (Å²) in [6, 6.07) is 12.0. The molecule has 0 amide bonds. The molecule has 0 aliphatic heterocycles. The lowest BCUT2D eigenvalue weighted by Crippen LogP contribution is -2.21. The molecule has 106 valence electrons. The highest BCUT2D eigenvalue weighted by atomic mass is 16.3. The second-order valence-electron chi connectivity index (χ2n) is 4.69. The molecule has 0 radical (unpaired) electrons. The van der Waals surface area contributed by atoms with Gasteiger partial charge in [-0.25, -0.2) is 4.79 Å². The average molecular weight is 283 g/mol. The first-order valence-corrected chi connectivity index (χ1v) is 6.40. The lowest BCUT2D eigenvalue weighted by Gasteiger charge is -2.07. The van der Waals surface area contributed by atoms with E-state index in [4.69, 9.17) is 0 Å². The Kier molecular flexibility index (Phi) is 3.19. The summed E-state index contributed by atoms with van der Waals surface area (Å²) < 4.78 is 0. The summed E-state index contributed by atoms with van der Waals surface area (Å²) in [5, 5.41) is 12.8. The number of fused-ring (bicyclic) bond motifs is 1. The zero-order valence-corrected chi connectivity index (χ0v) is 11.0. The van der Waals surface area contributed by atoms with Gasteiger partial charge in [-0.2, -0.15) is 0 Å². The minimum absolute atomic E-state index is 0.222. The van der Waals surface area contributed by atoms with E-state index < -0.39 is 11.2 Å². The zero-order valence-electron chi connectivity index (χ0n) is 11.0. The van der Waals surface area contributed by atoms with Crippen molar-refractivity contribution in [3.8, 4) is 5.75 Å². The van der Waals surface area contributed by atoms with Gasteiger partial charge in [0.25, 0.3) is 5.56 Å². The van der Waals surface area contributed by atoms with Gasteiger partial charge in [0.1, 0.15) is 5.75 Å². The van der Waals surface area contributed by atoms with Gasteiger partial charge in [0.15, 0.2) is 0 Å². The van der Waals surface area contributed by atoms with Gasteiger partial charge in [-0.05, 0) is 35.9 Å². The highest BCUT2D eigenvalue weighted by Crippen LogP contribution is 2.15. The minimum Gasteiger partial charge on any atom is -0.508 e. The van der Waals surface area contributed by atoms with Crippen LogP contribution in [0.1, 0.15) is 5.56 Å². The van der Waals surface area contributed by atoms with Crippen LogP contribution in [0, 0.1) is 0 Å². The molecule has 1 heterocycles. The summed E-state index contributed by atoms with van der Waals surface area (Å²) >= 11 is 0. The Morgan fingerprint density at radius 1 is 1.00 bits per heavy atom. The van der Waals surface area contributed by atoms with Gasteiger partial charge in [0.2, 0.25) is 0 Å². The number of hydrogen-bond acceptors (Lipinski definition) is 4. The number of rotatable bonds is 3. The van der Waals surface area contributed by atoms with Crippen LogP contribution in [0.4, 0.5) is 5.69 Å². The molecule has 4 N–H and O–H groups in total. The van der Waals surface area contributed by atoms with E-state index in [9.17, 15) is 14.7 Å². The van der Waals surface area contributed by atoms with Crippen LogP contribution in [0.2, 0.25) is 0 Å². The van der Waals surface area contributed by atoms with Crippen LogP contribution in [-0.2, 0) is 6.54 Å². The van der Waals surface area contributed by atoms with Gasteiger partial charge in [0.05, 0.1) is 10.9 Å². The number of aromatic amines is 2. The second kappa shape index (κ2) is 5.16. The number of benzene rings is 2. The van der Waals surface area contributed by atoms with Crippen LogP contribution in [0.15, 0.2) is 52.1 Å². The third kappa shape index (κ3) is 2.79. The predicted molar refractivity (Wildman–Crippen MR) is 80.6 cm³/mol. The fourth-order valence-corrected chi connectivity index (χ4v) is 2.09. The van der Waals surface area contributed by atoms with Gasteiger partial charge in [-0.15, -0.1) is 0 Å². The summed E-state index contributed by atoms with van der Waals surface area (Å²) in [5.41, 5.74) is 1.34. The average Bonchev–Trinajstić information content (AvgIpc) is 2.47. The first-order valence-electron chi connectivity index (χ1n) is 6.40. The van der Waals surface area contributed by atoms with E-state index in [1.54, 1.807) is 30.3 Å². The molecule has 6 heteroatoms. The van der Waals surface area contributed by atoms with Crippen LogP contribution in [0.3, 0.4) is 0 Å². The number of phenols is 1. The molecule has 6 nitrogen and oxygen atoms in total.